The summed E-state index contributed by atoms with van der Waals surface area (Å²) in [6.07, 6.45) is 6.36. The number of carbonyl (C=O) groups excluding carboxylic acids is 1. The molecule has 0 unspecified atom stereocenters. The van der Waals surface area contributed by atoms with Gasteiger partial charge in [-0.05, 0) is 18.8 Å². The van der Waals surface area contributed by atoms with E-state index in [2.05, 4.69) is 4.74 Å². The van der Waals surface area contributed by atoms with Gasteiger partial charge in [-0.1, -0.05) is 19.3 Å². The standard InChI is InChI=1S/C8H13O2/c9-7-10-6-2-1-3-8-4-5-8/h8H,1-6H2. The summed E-state index contributed by atoms with van der Waals surface area (Å²) in [5.74, 6) is 1.00. The molecule has 0 aliphatic heterocycles. The maximum absolute atomic E-state index is 9.57. The van der Waals surface area contributed by atoms with E-state index in [-0.39, 0.29) is 0 Å². The van der Waals surface area contributed by atoms with Crippen LogP contribution < -0.4 is 0 Å². The molecule has 57 valence electrons. The molecule has 0 amide bonds. The van der Waals surface area contributed by atoms with Crippen molar-refractivity contribution in [2.75, 3.05) is 6.61 Å². The molecule has 0 saturated heterocycles. The second kappa shape index (κ2) is 4.31. The molecule has 0 bridgehead atoms. The summed E-state index contributed by atoms with van der Waals surface area (Å²) in [4.78, 5) is 9.57. The van der Waals surface area contributed by atoms with Crippen molar-refractivity contribution in [2.45, 2.75) is 32.1 Å². The minimum Gasteiger partial charge on any atom is -0.457 e. The lowest BCUT2D eigenvalue weighted by Crippen LogP contribution is -1.91. The molecule has 0 spiro atoms. The summed E-state index contributed by atoms with van der Waals surface area (Å²) in [6.45, 7) is 1.97. The topological polar surface area (TPSA) is 26.3 Å². The average Bonchev–Trinajstić information content (AvgIpc) is 2.71. The molecule has 0 atom stereocenters. The van der Waals surface area contributed by atoms with Crippen LogP contribution in [0.25, 0.3) is 0 Å². The number of unbranched alkanes of at least 4 members (excludes halogenated alkanes) is 1. The van der Waals surface area contributed by atoms with Crippen molar-refractivity contribution in [1.29, 1.82) is 0 Å². The Hall–Kier alpha value is -0.530. The van der Waals surface area contributed by atoms with Gasteiger partial charge in [0.1, 0.15) is 0 Å². The van der Waals surface area contributed by atoms with Gasteiger partial charge >= 0.3 is 6.47 Å². The molecule has 2 heteroatoms. The summed E-state index contributed by atoms with van der Waals surface area (Å²) >= 11 is 0. The van der Waals surface area contributed by atoms with E-state index >= 15 is 0 Å². The summed E-state index contributed by atoms with van der Waals surface area (Å²) in [6, 6.07) is 0. The van der Waals surface area contributed by atoms with E-state index in [1.807, 2.05) is 0 Å². The molecule has 1 aliphatic carbocycles. The normalized spacial score (nSPS) is 16.8. The first kappa shape index (κ1) is 7.58. The molecule has 0 aromatic rings. The number of hydrogen-bond donors (Lipinski definition) is 0. The van der Waals surface area contributed by atoms with Gasteiger partial charge in [-0.2, -0.15) is 0 Å². The van der Waals surface area contributed by atoms with Crippen LogP contribution >= 0.6 is 0 Å². The van der Waals surface area contributed by atoms with Crippen molar-refractivity contribution in [2.24, 2.45) is 5.92 Å². The van der Waals surface area contributed by atoms with E-state index in [1.165, 1.54) is 32.2 Å². The Morgan fingerprint density at radius 3 is 2.80 bits per heavy atom. The summed E-state index contributed by atoms with van der Waals surface area (Å²) in [5, 5.41) is 0. The van der Waals surface area contributed by atoms with Crippen LogP contribution in [0.5, 0.6) is 0 Å². The molecule has 1 radical (unpaired) electrons. The molecule has 2 nitrogen and oxygen atoms in total. The van der Waals surface area contributed by atoms with Crippen LogP contribution in [0.4, 0.5) is 0 Å². The highest BCUT2D eigenvalue weighted by atomic mass is 16.5. The third-order valence-electron chi connectivity index (χ3n) is 1.86. The van der Waals surface area contributed by atoms with E-state index in [0.717, 1.165) is 12.3 Å². The second-order valence-corrected chi connectivity index (χ2v) is 2.87. The van der Waals surface area contributed by atoms with Gasteiger partial charge in [-0.25, -0.2) is 4.79 Å². The third kappa shape index (κ3) is 3.49. The highest BCUT2D eigenvalue weighted by Crippen LogP contribution is 2.33. The van der Waals surface area contributed by atoms with Crippen molar-refractivity contribution in [1.82, 2.24) is 0 Å². The Morgan fingerprint density at radius 2 is 2.20 bits per heavy atom. The van der Waals surface area contributed by atoms with Crippen molar-refractivity contribution >= 4 is 6.47 Å². The fourth-order valence-corrected chi connectivity index (χ4v) is 1.06. The van der Waals surface area contributed by atoms with Gasteiger partial charge in [0.15, 0.2) is 0 Å². The predicted molar refractivity (Wildman–Crippen MR) is 38.2 cm³/mol. The van der Waals surface area contributed by atoms with Crippen LogP contribution in [0.2, 0.25) is 0 Å². The SMILES string of the molecule is O=[C]OCCCCC1CC1. The predicted octanol–water partition coefficient (Wildman–Crippen LogP) is 1.65. The van der Waals surface area contributed by atoms with Gasteiger partial charge in [0.25, 0.3) is 0 Å². The summed E-state index contributed by atoms with van der Waals surface area (Å²) in [7, 11) is 0. The molecule has 10 heavy (non-hydrogen) atoms. The highest BCUT2D eigenvalue weighted by molar-refractivity contribution is 5.37. The van der Waals surface area contributed by atoms with Crippen molar-refractivity contribution in [3.8, 4) is 0 Å². The molecule has 0 heterocycles. The van der Waals surface area contributed by atoms with E-state index in [4.69, 9.17) is 0 Å². The van der Waals surface area contributed by atoms with Gasteiger partial charge < -0.3 is 4.74 Å². The molecule has 1 rings (SSSR count). The Morgan fingerprint density at radius 1 is 1.40 bits per heavy atom. The number of rotatable bonds is 6. The molecular weight excluding hydrogens is 128 g/mol. The van der Waals surface area contributed by atoms with Gasteiger partial charge in [0, 0.05) is 0 Å². The first-order valence-electron chi connectivity index (χ1n) is 3.92. The molecule has 1 fully saturated rings. The van der Waals surface area contributed by atoms with Crippen LogP contribution in [-0.2, 0) is 9.53 Å². The summed E-state index contributed by atoms with van der Waals surface area (Å²) in [5.41, 5.74) is 0. The minimum absolute atomic E-state index is 0.552. The highest BCUT2D eigenvalue weighted by Gasteiger charge is 2.19. The average molecular weight is 141 g/mol. The zero-order chi connectivity index (χ0) is 7.23. The van der Waals surface area contributed by atoms with Gasteiger partial charge in [-0.15, -0.1) is 0 Å². The van der Waals surface area contributed by atoms with Crippen LogP contribution in [0, 0.1) is 5.92 Å². The monoisotopic (exact) mass is 141 g/mol. The smallest absolute Gasteiger partial charge is 0.417 e. The largest absolute Gasteiger partial charge is 0.457 e. The zero-order valence-electron chi connectivity index (χ0n) is 6.14. The fourth-order valence-electron chi connectivity index (χ4n) is 1.06. The van der Waals surface area contributed by atoms with E-state index < -0.39 is 0 Å². The molecular formula is C8H13O2. The van der Waals surface area contributed by atoms with Gasteiger partial charge in [0.05, 0.1) is 6.61 Å². The zero-order valence-corrected chi connectivity index (χ0v) is 6.14. The quantitative estimate of drug-likeness (QED) is 0.526. The maximum atomic E-state index is 9.57. The van der Waals surface area contributed by atoms with Crippen molar-refractivity contribution < 1.29 is 9.53 Å². The van der Waals surface area contributed by atoms with Crippen LogP contribution in [0.3, 0.4) is 0 Å². The van der Waals surface area contributed by atoms with Crippen LogP contribution in [-0.4, -0.2) is 13.1 Å². The molecule has 1 aliphatic rings. The van der Waals surface area contributed by atoms with Crippen molar-refractivity contribution in [3.63, 3.8) is 0 Å². The second-order valence-electron chi connectivity index (χ2n) is 2.87. The summed E-state index contributed by atoms with van der Waals surface area (Å²) < 4.78 is 4.43. The Kier molecular flexibility index (Phi) is 3.27. The van der Waals surface area contributed by atoms with E-state index in [9.17, 15) is 4.79 Å². The lowest BCUT2D eigenvalue weighted by atomic mass is 10.2. The van der Waals surface area contributed by atoms with Crippen LogP contribution in [0.15, 0.2) is 0 Å². The minimum atomic E-state index is 0.552. The Bertz CT molecular complexity index is 97.4. The van der Waals surface area contributed by atoms with E-state index in [1.54, 1.807) is 0 Å². The molecule has 0 N–H and O–H groups in total. The Balaban J connectivity index is 1.72. The van der Waals surface area contributed by atoms with Crippen LogP contribution in [0.1, 0.15) is 32.1 Å². The third-order valence-corrected chi connectivity index (χ3v) is 1.86. The van der Waals surface area contributed by atoms with E-state index in [0.29, 0.717) is 6.61 Å². The number of ether oxygens (including phenoxy) is 1. The fraction of sp³-hybridized carbons (Fsp3) is 0.875. The first-order valence-corrected chi connectivity index (χ1v) is 3.92. The number of hydrogen-bond acceptors (Lipinski definition) is 2. The van der Waals surface area contributed by atoms with Gasteiger partial charge in [0.2, 0.25) is 0 Å². The molecule has 0 aromatic heterocycles. The lowest BCUT2D eigenvalue weighted by molar-refractivity contribution is 0.268. The maximum Gasteiger partial charge on any atom is 0.417 e. The van der Waals surface area contributed by atoms with Crippen molar-refractivity contribution in [3.05, 3.63) is 0 Å². The Labute approximate surface area is 61.6 Å². The molecule has 0 aromatic carbocycles. The molecule has 1 saturated carbocycles. The first-order chi connectivity index (χ1) is 4.93. The lowest BCUT2D eigenvalue weighted by Gasteiger charge is -1.96. The van der Waals surface area contributed by atoms with Gasteiger partial charge in [-0.3, -0.25) is 0 Å².